The number of hydrogen-bond acceptors (Lipinski definition) is 3. The summed E-state index contributed by atoms with van der Waals surface area (Å²) in [7, 11) is -3.36. The van der Waals surface area contributed by atoms with Crippen LogP contribution in [0.2, 0.25) is 5.02 Å². The molecule has 130 valence electrons. The molecule has 2 heterocycles. The molecule has 1 aliphatic rings. The van der Waals surface area contributed by atoms with Gasteiger partial charge in [0, 0.05) is 36.0 Å². The largest absolute Gasteiger partial charge is 0.348 e. The van der Waals surface area contributed by atoms with Crippen LogP contribution in [0.4, 0.5) is 0 Å². The lowest BCUT2D eigenvalue weighted by molar-refractivity contribution is 0.413. The summed E-state index contributed by atoms with van der Waals surface area (Å²) >= 11 is 5.88. The zero-order chi connectivity index (χ0) is 17.0. The molecule has 0 spiro atoms. The van der Waals surface area contributed by atoms with E-state index in [0.29, 0.717) is 24.5 Å². The van der Waals surface area contributed by atoms with E-state index in [0.717, 1.165) is 30.5 Å². The van der Waals surface area contributed by atoms with E-state index >= 15 is 0 Å². The van der Waals surface area contributed by atoms with Crippen LogP contribution >= 0.6 is 11.6 Å². The van der Waals surface area contributed by atoms with Crippen LogP contribution < -0.4 is 4.72 Å². The van der Waals surface area contributed by atoms with Gasteiger partial charge in [0.1, 0.15) is 0 Å². The predicted molar refractivity (Wildman–Crippen MR) is 94.1 cm³/mol. The summed E-state index contributed by atoms with van der Waals surface area (Å²) in [6.07, 6.45) is 6.77. The molecule has 1 aromatic heterocycles. The fourth-order valence-electron chi connectivity index (χ4n) is 2.91. The van der Waals surface area contributed by atoms with Gasteiger partial charge in [-0.1, -0.05) is 23.7 Å². The molecule has 8 heteroatoms. The molecule has 3 rings (SSSR count). The molecule has 1 saturated heterocycles. The number of rotatable bonds is 7. The van der Waals surface area contributed by atoms with Gasteiger partial charge in [-0.25, -0.2) is 4.98 Å². The minimum Gasteiger partial charge on any atom is -0.348 e. The molecule has 1 unspecified atom stereocenters. The molecular weight excluding hydrogens is 348 g/mol. The van der Waals surface area contributed by atoms with Crippen LogP contribution in [-0.4, -0.2) is 41.8 Å². The Balaban J connectivity index is 1.48. The molecule has 0 amide bonds. The molecule has 0 radical (unpaired) electrons. The topological polar surface area (TPSA) is 78.1 Å². The highest BCUT2D eigenvalue weighted by Crippen LogP contribution is 2.17. The molecule has 2 aromatic rings. The first-order valence-corrected chi connectivity index (χ1v) is 9.84. The number of aryl methyl sites for hydroxylation is 1. The van der Waals surface area contributed by atoms with E-state index in [1.54, 1.807) is 16.8 Å². The molecule has 6 nitrogen and oxygen atoms in total. The maximum Gasteiger partial charge on any atom is 0.279 e. The van der Waals surface area contributed by atoms with Gasteiger partial charge in [0.15, 0.2) is 0 Å². The Morgan fingerprint density at radius 2 is 2.04 bits per heavy atom. The van der Waals surface area contributed by atoms with Crippen LogP contribution in [-0.2, 0) is 23.1 Å². The number of aromatic nitrogens is 2. The van der Waals surface area contributed by atoms with E-state index in [1.165, 1.54) is 0 Å². The van der Waals surface area contributed by atoms with Crippen molar-refractivity contribution in [3.05, 3.63) is 53.1 Å². The van der Waals surface area contributed by atoms with Crippen LogP contribution in [0.5, 0.6) is 0 Å². The molecular formula is C16H21ClN4O2S. The molecule has 0 bridgehead atoms. The predicted octanol–water partition coefficient (Wildman–Crippen LogP) is 2.15. The second-order valence-electron chi connectivity index (χ2n) is 6.04. The average Bonchev–Trinajstić information content (AvgIpc) is 3.14. The van der Waals surface area contributed by atoms with E-state index in [9.17, 15) is 8.42 Å². The van der Waals surface area contributed by atoms with Crippen molar-refractivity contribution in [1.82, 2.24) is 19.0 Å². The monoisotopic (exact) mass is 368 g/mol. The Morgan fingerprint density at radius 1 is 1.25 bits per heavy atom. The van der Waals surface area contributed by atoms with Gasteiger partial charge < -0.3 is 4.98 Å². The lowest BCUT2D eigenvalue weighted by atomic mass is 10.1. The van der Waals surface area contributed by atoms with Crippen LogP contribution in [0.25, 0.3) is 0 Å². The minimum absolute atomic E-state index is 0.0937. The van der Waals surface area contributed by atoms with Gasteiger partial charge >= 0.3 is 0 Å². The van der Waals surface area contributed by atoms with E-state index in [4.69, 9.17) is 11.6 Å². The van der Waals surface area contributed by atoms with Crippen LogP contribution in [0, 0.1) is 0 Å². The maximum atomic E-state index is 12.2. The number of nitrogens with one attached hydrogen (secondary N) is 2. The second-order valence-corrected chi connectivity index (χ2v) is 8.18. The Kier molecular flexibility index (Phi) is 5.55. The molecule has 0 saturated carbocycles. The Morgan fingerprint density at radius 3 is 2.75 bits per heavy atom. The summed E-state index contributed by atoms with van der Waals surface area (Å²) in [6.45, 7) is 1.05. The SMILES string of the molecule is O=S1(=O)NC(Cc2ccc(Cl)cc2)CN1CCCCc1cnc[nH]1. The molecule has 24 heavy (non-hydrogen) atoms. The molecule has 1 aliphatic heterocycles. The standard InChI is InChI=1S/C16H21ClN4O2S/c17-14-6-4-13(5-7-14)9-16-11-21(24(22,23)20-16)8-2-1-3-15-10-18-12-19-15/h4-7,10,12,16,20H,1-3,8-9,11H2,(H,18,19). The van der Waals surface area contributed by atoms with Crippen molar-refractivity contribution in [2.24, 2.45) is 0 Å². The number of aromatic amines is 1. The highest BCUT2D eigenvalue weighted by Gasteiger charge is 2.34. The van der Waals surface area contributed by atoms with Crippen LogP contribution in [0.3, 0.4) is 0 Å². The maximum absolute atomic E-state index is 12.2. The summed E-state index contributed by atoms with van der Waals surface area (Å²) in [6, 6.07) is 7.43. The average molecular weight is 369 g/mol. The summed E-state index contributed by atoms with van der Waals surface area (Å²) in [5, 5.41) is 0.685. The second kappa shape index (κ2) is 7.65. The van der Waals surface area contributed by atoms with Crippen molar-refractivity contribution >= 4 is 21.8 Å². The highest BCUT2D eigenvalue weighted by molar-refractivity contribution is 7.87. The van der Waals surface area contributed by atoms with Crippen molar-refractivity contribution in [2.75, 3.05) is 13.1 Å². The fourth-order valence-corrected chi connectivity index (χ4v) is 4.51. The third-order valence-corrected chi connectivity index (χ3v) is 6.03. The molecule has 1 fully saturated rings. The van der Waals surface area contributed by atoms with E-state index in [-0.39, 0.29) is 6.04 Å². The van der Waals surface area contributed by atoms with Gasteiger partial charge in [-0.15, -0.1) is 0 Å². The first-order valence-electron chi connectivity index (χ1n) is 8.02. The van der Waals surface area contributed by atoms with Gasteiger partial charge in [-0.3, -0.25) is 0 Å². The number of unbranched alkanes of at least 4 members (excludes halogenated alkanes) is 1. The summed E-state index contributed by atoms with van der Waals surface area (Å²) in [4.78, 5) is 7.03. The van der Waals surface area contributed by atoms with E-state index in [1.807, 2.05) is 24.3 Å². The molecule has 1 atom stereocenters. The highest BCUT2D eigenvalue weighted by atomic mass is 35.5. The van der Waals surface area contributed by atoms with Crippen molar-refractivity contribution in [3.8, 4) is 0 Å². The smallest absolute Gasteiger partial charge is 0.279 e. The van der Waals surface area contributed by atoms with E-state index < -0.39 is 10.2 Å². The summed E-state index contributed by atoms with van der Waals surface area (Å²) in [5.41, 5.74) is 2.16. The van der Waals surface area contributed by atoms with Gasteiger partial charge in [0.2, 0.25) is 0 Å². The molecule has 0 aliphatic carbocycles. The van der Waals surface area contributed by atoms with Crippen molar-refractivity contribution < 1.29 is 8.42 Å². The minimum atomic E-state index is -3.36. The molecule has 1 aromatic carbocycles. The van der Waals surface area contributed by atoms with Gasteiger partial charge in [-0.05, 0) is 43.4 Å². The summed E-state index contributed by atoms with van der Waals surface area (Å²) < 4.78 is 28.7. The zero-order valence-electron chi connectivity index (χ0n) is 13.3. The van der Waals surface area contributed by atoms with Crippen LogP contribution in [0.1, 0.15) is 24.1 Å². The molecule has 2 N–H and O–H groups in total. The fraction of sp³-hybridized carbons (Fsp3) is 0.438. The number of benzene rings is 1. The first kappa shape index (κ1) is 17.4. The lowest BCUT2D eigenvalue weighted by Crippen LogP contribution is -2.31. The quantitative estimate of drug-likeness (QED) is 0.735. The van der Waals surface area contributed by atoms with Gasteiger partial charge in [0.05, 0.1) is 6.33 Å². The Labute approximate surface area is 147 Å². The number of nitrogens with zero attached hydrogens (tertiary/aromatic N) is 2. The number of imidazole rings is 1. The number of H-pyrrole nitrogens is 1. The Bertz CT molecular complexity index is 747. The normalized spacial score (nSPS) is 20.5. The van der Waals surface area contributed by atoms with Crippen molar-refractivity contribution in [3.63, 3.8) is 0 Å². The first-order chi connectivity index (χ1) is 11.5. The van der Waals surface area contributed by atoms with Crippen LogP contribution in [0.15, 0.2) is 36.8 Å². The van der Waals surface area contributed by atoms with Gasteiger partial charge in [0.25, 0.3) is 10.2 Å². The zero-order valence-corrected chi connectivity index (χ0v) is 14.9. The van der Waals surface area contributed by atoms with Crippen molar-refractivity contribution in [2.45, 2.75) is 31.7 Å². The van der Waals surface area contributed by atoms with Crippen molar-refractivity contribution in [1.29, 1.82) is 0 Å². The Hall–Kier alpha value is -1.41. The number of halogens is 1. The lowest BCUT2D eigenvalue weighted by Gasteiger charge is -2.13. The summed E-state index contributed by atoms with van der Waals surface area (Å²) in [5.74, 6) is 0. The van der Waals surface area contributed by atoms with E-state index in [2.05, 4.69) is 14.7 Å². The van der Waals surface area contributed by atoms with Gasteiger partial charge in [-0.2, -0.15) is 17.4 Å². The number of hydrogen-bond donors (Lipinski definition) is 2. The third-order valence-electron chi connectivity index (χ3n) is 4.13. The third kappa shape index (κ3) is 4.57.